The van der Waals surface area contributed by atoms with Crippen molar-refractivity contribution in [3.63, 3.8) is 0 Å². The number of hydrogen-bond donors (Lipinski definition) is 1. The molecule has 3 heteroatoms. The van der Waals surface area contributed by atoms with Crippen molar-refractivity contribution in [2.75, 3.05) is 19.1 Å². The second kappa shape index (κ2) is 9.75. The maximum Gasteiger partial charge on any atom is 0.0908 e. The Morgan fingerprint density at radius 3 is 2.50 bits per heavy atom. The van der Waals surface area contributed by atoms with Crippen molar-refractivity contribution in [3.05, 3.63) is 0 Å². The third-order valence-electron chi connectivity index (χ3n) is 2.39. The predicted octanol–water partition coefficient (Wildman–Crippen LogP) is 2.82. The van der Waals surface area contributed by atoms with Crippen molar-refractivity contribution in [1.82, 2.24) is 0 Å². The molecule has 0 bridgehead atoms. The van der Waals surface area contributed by atoms with Gasteiger partial charge in [0.1, 0.15) is 0 Å². The molecule has 0 radical (unpaired) electrons. The summed E-state index contributed by atoms with van der Waals surface area (Å²) in [5, 5.41) is 9.16. The van der Waals surface area contributed by atoms with Crippen molar-refractivity contribution in [3.8, 4) is 0 Å². The molecule has 0 saturated carbocycles. The molecule has 0 saturated heterocycles. The maximum absolute atomic E-state index is 9.16. The Bertz CT molecular complexity index is 120. The van der Waals surface area contributed by atoms with E-state index >= 15 is 0 Å². The number of aliphatic hydroxyl groups is 1. The van der Waals surface area contributed by atoms with E-state index in [-0.39, 0.29) is 5.88 Å². The Kier molecular flexibility index (Phi) is 9.90. The van der Waals surface area contributed by atoms with Gasteiger partial charge in [0.15, 0.2) is 0 Å². The van der Waals surface area contributed by atoms with Crippen molar-refractivity contribution < 1.29 is 9.84 Å². The van der Waals surface area contributed by atoms with Gasteiger partial charge in [-0.15, -0.1) is 11.6 Å². The Morgan fingerprint density at radius 2 is 2.00 bits per heavy atom. The maximum atomic E-state index is 9.16. The van der Waals surface area contributed by atoms with Crippen molar-refractivity contribution in [2.24, 2.45) is 5.92 Å². The number of aliphatic hydroxyl groups excluding tert-OH is 1. The van der Waals surface area contributed by atoms with Gasteiger partial charge in [0.05, 0.1) is 18.6 Å². The van der Waals surface area contributed by atoms with Crippen LogP contribution in [0.4, 0.5) is 0 Å². The second-order valence-corrected chi connectivity index (χ2v) is 4.07. The minimum atomic E-state index is -0.514. The van der Waals surface area contributed by atoms with Crippen LogP contribution in [-0.4, -0.2) is 30.3 Å². The average molecular weight is 223 g/mol. The van der Waals surface area contributed by atoms with Crippen molar-refractivity contribution in [1.29, 1.82) is 0 Å². The standard InChI is InChI=1S/C11H23ClO2/c1-3-5-6-10(4-2)8-14-9-11(13)7-12/h10-11,13H,3-9H2,1-2H3. The zero-order valence-corrected chi connectivity index (χ0v) is 10.1. The summed E-state index contributed by atoms with van der Waals surface area (Å²) in [5.41, 5.74) is 0. The first-order valence-corrected chi connectivity index (χ1v) is 6.09. The molecule has 1 N–H and O–H groups in total. The molecule has 0 amide bonds. The molecule has 0 aromatic rings. The van der Waals surface area contributed by atoms with Crippen LogP contribution in [0, 0.1) is 5.92 Å². The summed E-state index contributed by atoms with van der Waals surface area (Å²) in [6, 6.07) is 0. The summed E-state index contributed by atoms with van der Waals surface area (Å²) in [5.74, 6) is 0.892. The zero-order chi connectivity index (χ0) is 10.8. The summed E-state index contributed by atoms with van der Waals surface area (Å²) in [4.78, 5) is 0. The largest absolute Gasteiger partial charge is 0.389 e. The first kappa shape index (κ1) is 14.2. The topological polar surface area (TPSA) is 29.5 Å². The van der Waals surface area contributed by atoms with E-state index in [0.717, 1.165) is 13.0 Å². The molecule has 2 nitrogen and oxygen atoms in total. The van der Waals surface area contributed by atoms with Gasteiger partial charge in [0.25, 0.3) is 0 Å². The molecular formula is C11H23ClO2. The van der Waals surface area contributed by atoms with Crippen LogP contribution in [0.5, 0.6) is 0 Å². The number of halogens is 1. The summed E-state index contributed by atoms with van der Waals surface area (Å²) in [6.45, 7) is 5.50. The van der Waals surface area contributed by atoms with Crippen LogP contribution in [0.3, 0.4) is 0 Å². The van der Waals surface area contributed by atoms with Crippen LogP contribution >= 0.6 is 11.6 Å². The minimum Gasteiger partial charge on any atom is -0.389 e. The van der Waals surface area contributed by atoms with Gasteiger partial charge >= 0.3 is 0 Å². The monoisotopic (exact) mass is 222 g/mol. The van der Waals surface area contributed by atoms with E-state index in [1.807, 2.05) is 0 Å². The number of alkyl halides is 1. The van der Waals surface area contributed by atoms with E-state index in [4.69, 9.17) is 21.4 Å². The van der Waals surface area contributed by atoms with E-state index in [0.29, 0.717) is 12.5 Å². The summed E-state index contributed by atoms with van der Waals surface area (Å²) < 4.78 is 5.40. The number of rotatable bonds is 9. The van der Waals surface area contributed by atoms with Gasteiger partial charge in [-0.2, -0.15) is 0 Å². The fourth-order valence-electron chi connectivity index (χ4n) is 1.31. The SMILES string of the molecule is CCCCC(CC)COCC(O)CCl. The van der Waals surface area contributed by atoms with Gasteiger partial charge in [-0.3, -0.25) is 0 Å². The molecule has 86 valence electrons. The van der Waals surface area contributed by atoms with Gasteiger partial charge in [-0.25, -0.2) is 0 Å². The first-order valence-electron chi connectivity index (χ1n) is 5.56. The van der Waals surface area contributed by atoms with Gasteiger partial charge in [0, 0.05) is 6.61 Å². The lowest BCUT2D eigenvalue weighted by Gasteiger charge is -2.15. The lowest BCUT2D eigenvalue weighted by Crippen LogP contribution is -2.19. The quantitative estimate of drug-likeness (QED) is 0.608. The molecule has 2 unspecified atom stereocenters. The lowest BCUT2D eigenvalue weighted by molar-refractivity contribution is 0.0282. The molecule has 0 aliphatic carbocycles. The summed E-state index contributed by atoms with van der Waals surface area (Å²) >= 11 is 5.45. The van der Waals surface area contributed by atoms with Crippen LogP contribution < -0.4 is 0 Å². The predicted molar refractivity (Wildman–Crippen MR) is 60.9 cm³/mol. The highest BCUT2D eigenvalue weighted by atomic mass is 35.5. The normalized spacial score (nSPS) is 15.4. The van der Waals surface area contributed by atoms with Gasteiger partial charge in [0.2, 0.25) is 0 Å². The molecule has 0 aromatic carbocycles. The molecule has 0 aromatic heterocycles. The molecule has 2 atom stereocenters. The highest BCUT2D eigenvalue weighted by Crippen LogP contribution is 2.12. The van der Waals surface area contributed by atoms with Crippen LogP contribution in [0.25, 0.3) is 0 Å². The second-order valence-electron chi connectivity index (χ2n) is 3.76. The fraction of sp³-hybridized carbons (Fsp3) is 1.00. The molecule has 0 rings (SSSR count). The van der Waals surface area contributed by atoms with E-state index in [2.05, 4.69) is 13.8 Å². The van der Waals surface area contributed by atoms with Crippen LogP contribution in [0.2, 0.25) is 0 Å². The van der Waals surface area contributed by atoms with E-state index < -0.39 is 6.10 Å². The number of hydrogen-bond acceptors (Lipinski definition) is 2. The van der Waals surface area contributed by atoms with Crippen molar-refractivity contribution >= 4 is 11.6 Å². The Balaban J connectivity index is 3.42. The Hall–Kier alpha value is 0.210. The first-order chi connectivity index (χ1) is 6.74. The molecule has 14 heavy (non-hydrogen) atoms. The average Bonchev–Trinajstić information content (AvgIpc) is 2.22. The molecule has 0 fully saturated rings. The van der Waals surface area contributed by atoms with Gasteiger partial charge in [-0.05, 0) is 12.3 Å². The third-order valence-corrected chi connectivity index (χ3v) is 2.74. The van der Waals surface area contributed by atoms with E-state index in [1.54, 1.807) is 0 Å². The van der Waals surface area contributed by atoms with Crippen LogP contribution in [-0.2, 0) is 4.74 Å². The molecule has 0 spiro atoms. The number of ether oxygens (including phenoxy) is 1. The Labute approximate surface area is 92.6 Å². The minimum absolute atomic E-state index is 0.256. The highest BCUT2D eigenvalue weighted by molar-refractivity contribution is 6.18. The van der Waals surface area contributed by atoms with Crippen molar-refractivity contribution in [2.45, 2.75) is 45.6 Å². The third kappa shape index (κ3) is 7.60. The number of unbranched alkanes of at least 4 members (excludes halogenated alkanes) is 1. The summed E-state index contributed by atoms with van der Waals surface area (Å²) in [6.07, 6.45) is 4.36. The van der Waals surface area contributed by atoms with Crippen LogP contribution in [0.1, 0.15) is 39.5 Å². The lowest BCUT2D eigenvalue weighted by atomic mass is 10.0. The Morgan fingerprint density at radius 1 is 1.29 bits per heavy atom. The van der Waals surface area contributed by atoms with Crippen LogP contribution in [0.15, 0.2) is 0 Å². The fourth-order valence-corrected chi connectivity index (χ4v) is 1.40. The van der Waals surface area contributed by atoms with E-state index in [9.17, 15) is 0 Å². The zero-order valence-electron chi connectivity index (χ0n) is 9.34. The smallest absolute Gasteiger partial charge is 0.0908 e. The molecule has 0 aliphatic heterocycles. The highest BCUT2D eigenvalue weighted by Gasteiger charge is 2.07. The van der Waals surface area contributed by atoms with Gasteiger partial charge < -0.3 is 9.84 Å². The summed E-state index contributed by atoms with van der Waals surface area (Å²) in [7, 11) is 0. The molecule has 0 aliphatic rings. The molecule has 0 heterocycles. The van der Waals surface area contributed by atoms with Gasteiger partial charge in [-0.1, -0.05) is 33.1 Å². The molecular weight excluding hydrogens is 200 g/mol. The van der Waals surface area contributed by atoms with E-state index in [1.165, 1.54) is 19.3 Å².